The van der Waals surface area contributed by atoms with Crippen molar-refractivity contribution in [1.29, 1.82) is 0 Å². The molecule has 13 heteroatoms. The number of nitrogens with one attached hydrogen (secondary N) is 1. The number of amides is 1. The molecule has 0 aliphatic carbocycles. The van der Waals surface area contributed by atoms with Crippen LogP contribution >= 0.6 is 11.8 Å². The maximum absolute atomic E-state index is 14.0. The number of hydrogen-bond acceptors (Lipinski definition) is 7. The van der Waals surface area contributed by atoms with Crippen LogP contribution in [0.15, 0.2) is 82.7 Å². The molecule has 0 spiro atoms. The van der Waals surface area contributed by atoms with Crippen molar-refractivity contribution in [3.8, 4) is 11.1 Å². The Hall–Kier alpha value is -4.49. The van der Waals surface area contributed by atoms with E-state index in [1.165, 1.54) is 28.6 Å². The highest BCUT2D eigenvalue weighted by molar-refractivity contribution is 7.98. The zero-order valence-electron chi connectivity index (χ0n) is 27.1. The van der Waals surface area contributed by atoms with Gasteiger partial charge in [-0.3, -0.25) is 9.59 Å². The Balaban J connectivity index is 1.35. The third-order valence-corrected chi connectivity index (χ3v) is 9.09. The van der Waals surface area contributed by atoms with Gasteiger partial charge in [-0.05, 0) is 60.5 Å². The summed E-state index contributed by atoms with van der Waals surface area (Å²) < 4.78 is 40.6. The minimum absolute atomic E-state index is 0.107. The number of aromatic amines is 1. The molecule has 5 rings (SSSR count). The van der Waals surface area contributed by atoms with Crippen LogP contribution in [0.5, 0.6) is 0 Å². The van der Waals surface area contributed by atoms with Crippen LogP contribution in [0.4, 0.5) is 13.2 Å². The van der Waals surface area contributed by atoms with Gasteiger partial charge in [0.1, 0.15) is 18.1 Å². The number of aromatic nitrogens is 5. The summed E-state index contributed by atoms with van der Waals surface area (Å²) in [7, 11) is 0. The maximum atomic E-state index is 14.0. The number of carbonyl (C=O) groups excluding carboxylic acids is 1. The molecule has 0 radical (unpaired) electrons. The van der Waals surface area contributed by atoms with Crippen molar-refractivity contribution in [1.82, 2.24) is 34.5 Å². The van der Waals surface area contributed by atoms with Crippen LogP contribution < -0.4 is 5.56 Å². The second-order valence-electron chi connectivity index (χ2n) is 11.3. The van der Waals surface area contributed by atoms with E-state index in [1.54, 1.807) is 4.90 Å². The normalized spacial score (nSPS) is 11.8. The van der Waals surface area contributed by atoms with Crippen molar-refractivity contribution < 1.29 is 18.0 Å². The van der Waals surface area contributed by atoms with E-state index >= 15 is 0 Å². The number of aryl methyl sites for hydroxylation is 1. The SMILES string of the molecule is CCc1nn(CC(=O)N(CCN(CC)CC)Cc2ccc(-c3ccc(C(F)(F)F)cc3)cc2)c(SCc2nc3ccccc3[nH]2)nc1=O. The summed E-state index contributed by atoms with van der Waals surface area (Å²) in [6, 6.07) is 20.2. The molecule has 0 aliphatic rings. The van der Waals surface area contributed by atoms with Crippen LogP contribution in [0.1, 0.15) is 43.4 Å². The van der Waals surface area contributed by atoms with E-state index in [1.807, 2.05) is 55.5 Å². The van der Waals surface area contributed by atoms with E-state index < -0.39 is 17.3 Å². The number of benzene rings is 3. The highest BCUT2D eigenvalue weighted by atomic mass is 32.2. The predicted molar refractivity (Wildman–Crippen MR) is 181 cm³/mol. The Morgan fingerprint density at radius 2 is 1.56 bits per heavy atom. The first kappa shape index (κ1) is 34.8. The molecule has 48 heavy (non-hydrogen) atoms. The summed E-state index contributed by atoms with van der Waals surface area (Å²) in [6.07, 6.45) is -4.01. The standard InChI is InChI=1S/C35H38F3N7O2S/c1-4-28-33(47)41-34(48-23-31-39-29-9-7-8-10-30(29)40-31)45(42-28)22-32(46)44(20-19-43(5-2)6-3)21-24-11-13-25(14-12-24)26-15-17-27(18-16-26)35(36,37)38/h7-18H,4-6,19-23H2,1-3H3,(H,39,40). The van der Waals surface area contributed by atoms with Crippen LogP contribution in [0, 0.1) is 0 Å². The molecular formula is C35H38F3N7O2S. The molecule has 9 nitrogen and oxygen atoms in total. The number of halogens is 3. The van der Waals surface area contributed by atoms with Gasteiger partial charge in [0.05, 0.1) is 22.3 Å². The number of carbonyl (C=O) groups is 1. The molecule has 5 aromatic rings. The predicted octanol–water partition coefficient (Wildman–Crippen LogP) is 6.43. The van der Waals surface area contributed by atoms with E-state index in [-0.39, 0.29) is 18.1 Å². The fraction of sp³-hybridized carbons (Fsp3) is 0.343. The molecule has 2 aromatic heterocycles. The Morgan fingerprint density at radius 1 is 0.896 bits per heavy atom. The molecular weight excluding hydrogens is 639 g/mol. The van der Waals surface area contributed by atoms with Crippen molar-refractivity contribution in [2.45, 2.75) is 57.4 Å². The first-order valence-electron chi connectivity index (χ1n) is 15.9. The summed E-state index contributed by atoms with van der Waals surface area (Å²) in [6.45, 7) is 9.01. The van der Waals surface area contributed by atoms with Gasteiger partial charge in [-0.1, -0.05) is 81.1 Å². The lowest BCUT2D eigenvalue weighted by Gasteiger charge is -2.27. The highest BCUT2D eigenvalue weighted by Gasteiger charge is 2.30. The highest BCUT2D eigenvalue weighted by Crippen LogP contribution is 2.31. The summed E-state index contributed by atoms with van der Waals surface area (Å²) in [5, 5.41) is 4.86. The lowest BCUT2D eigenvalue weighted by atomic mass is 10.0. The van der Waals surface area contributed by atoms with E-state index in [0.717, 1.165) is 47.4 Å². The fourth-order valence-electron chi connectivity index (χ4n) is 5.28. The smallest absolute Gasteiger partial charge is 0.341 e. The summed E-state index contributed by atoms with van der Waals surface area (Å²) in [4.78, 5) is 42.8. The summed E-state index contributed by atoms with van der Waals surface area (Å²) >= 11 is 1.29. The molecule has 0 fully saturated rings. The number of likely N-dealkylation sites (N-methyl/N-ethyl adjacent to an activating group) is 1. The molecule has 0 bridgehead atoms. The number of imidazole rings is 1. The van der Waals surface area contributed by atoms with E-state index in [2.05, 4.69) is 38.8 Å². The van der Waals surface area contributed by atoms with Crippen LogP contribution in [0.25, 0.3) is 22.2 Å². The number of alkyl halides is 3. The van der Waals surface area contributed by atoms with Crippen molar-refractivity contribution in [2.75, 3.05) is 26.2 Å². The lowest BCUT2D eigenvalue weighted by molar-refractivity contribution is -0.137. The number of thioether (sulfide) groups is 1. The largest absolute Gasteiger partial charge is 0.416 e. The van der Waals surface area contributed by atoms with Gasteiger partial charge in [0.2, 0.25) is 5.91 Å². The van der Waals surface area contributed by atoms with Gasteiger partial charge in [-0.15, -0.1) is 0 Å². The molecule has 252 valence electrons. The first-order chi connectivity index (χ1) is 23.1. The van der Waals surface area contributed by atoms with Crippen molar-refractivity contribution >= 4 is 28.7 Å². The third kappa shape index (κ3) is 8.70. The first-order valence-corrected chi connectivity index (χ1v) is 16.9. The van der Waals surface area contributed by atoms with E-state index in [0.29, 0.717) is 48.4 Å². The molecule has 0 atom stereocenters. The van der Waals surface area contributed by atoms with Gasteiger partial charge < -0.3 is 14.8 Å². The maximum Gasteiger partial charge on any atom is 0.416 e. The number of hydrogen-bond donors (Lipinski definition) is 1. The van der Waals surface area contributed by atoms with E-state index in [9.17, 15) is 22.8 Å². The summed E-state index contributed by atoms with van der Waals surface area (Å²) in [5.41, 5.74) is 3.23. The molecule has 1 amide bonds. The molecule has 3 aromatic carbocycles. The average molecular weight is 678 g/mol. The van der Waals surface area contributed by atoms with Gasteiger partial charge in [0.15, 0.2) is 5.16 Å². The Kier molecular flexibility index (Phi) is 11.3. The van der Waals surface area contributed by atoms with Crippen LogP contribution in [-0.4, -0.2) is 66.6 Å². The van der Waals surface area contributed by atoms with Crippen molar-refractivity contribution in [2.24, 2.45) is 0 Å². The van der Waals surface area contributed by atoms with Crippen LogP contribution in [-0.2, 0) is 36.2 Å². The van der Waals surface area contributed by atoms with Gasteiger partial charge in [0.25, 0.3) is 5.56 Å². The Labute approximate surface area is 281 Å². The van der Waals surface area contributed by atoms with Gasteiger partial charge in [-0.2, -0.15) is 23.3 Å². The molecule has 0 saturated heterocycles. The number of rotatable bonds is 14. The molecule has 2 heterocycles. The van der Waals surface area contributed by atoms with Crippen molar-refractivity contribution in [3.63, 3.8) is 0 Å². The topological polar surface area (TPSA) is 100 Å². The monoisotopic (exact) mass is 677 g/mol. The van der Waals surface area contributed by atoms with Crippen molar-refractivity contribution in [3.05, 3.63) is 106 Å². The molecule has 1 N–H and O–H groups in total. The second kappa shape index (κ2) is 15.6. The number of fused-ring (bicyclic) bond motifs is 1. The van der Waals surface area contributed by atoms with Gasteiger partial charge >= 0.3 is 6.18 Å². The molecule has 0 aliphatic heterocycles. The zero-order chi connectivity index (χ0) is 34.3. The summed E-state index contributed by atoms with van der Waals surface area (Å²) in [5.74, 6) is 0.937. The van der Waals surface area contributed by atoms with E-state index in [4.69, 9.17) is 0 Å². The van der Waals surface area contributed by atoms with Crippen LogP contribution in [0.3, 0.4) is 0 Å². The van der Waals surface area contributed by atoms with Gasteiger partial charge in [0, 0.05) is 19.6 Å². The second-order valence-corrected chi connectivity index (χ2v) is 12.2. The zero-order valence-corrected chi connectivity index (χ0v) is 27.9. The van der Waals surface area contributed by atoms with Crippen LogP contribution in [0.2, 0.25) is 0 Å². The van der Waals surface area contributed by atoms with Gasteiger partial charge in [-0.25, -0.2) is 9.67 Å². The fourth-order valence-corrected chi connectivity index (χ4v) is 6.08. The Bertz CT molecular complexity index is 1850. The average Bonchev–Trinajstić information content (AvgIpc) is 3.51. The number of H-pyrrole nitrogens is 1. The quantitative estimate of drug-likeness (QED) is 0.135. The minimum atomic E-state index is -4.39. The Morgan fingerprint density at radius 3 is 2.19 bits per heavy atom. The number of nitrogens with zero attached hydrogens (tertiary/aromatic N) is 6. The molecule has 0 saturated carbocycles. The lowest BCUT2D eigenvalue weighted by Crippen LogP contribution is -2.40. The minimum Gasteiger partial charge on any atom is -0.341 e. The molecule has 0 unspecified atom stereocenters. The number of para-hydroxylation sites is 2. The third-order valence-electron chi connectivity index (χ3n) is 8.11.